The quantitative estimate of drug-likeness (QED) is 0.119. The highest BCUT2D eigenvalue weighted by Crippen LogP contribution is 2.34. The summed E-state index contributed by atoms with van der Waals surface area (Å²) in [6.45, 7) is 3.73. The van der Waals surface area contributed by atoms with Crippen molar-refractivity contribution in [3.63, 3.8) is 0 Å². The minimum Gasteiger partial charge on any atom is -0.422 e. The first kappa shape index (κ1) is 17.4. The molecule has 0 saturated carbocycles. The van der Waals surface area contributed by atoms with E-state index in [0.29, 0.717) is 5.75 Å². The van der Waals surface area contributed by atoms with E-state index >= 15 is 0 Å². The summed E-state index contributed by atoms with van der Waals surface area (Å²) in [6.07, 6.45) is 0. The lowest BCUT2D eigenvalue weighted by atomic mass is 10.0. The largest absolute Gasteiger partial charge is 0.422 e. The SMILES string of the molecule is C=C(C(=O)Oc1cc2ccccc2c2ccccc12)c1ccccc1[N+](=O)[O-]. The van der Waals surface area contributed by atoms with Crippen molar-refractivity contribution >= 4 is 38.8 Å². The summed E-state index contributed by atoms with van der Waals surface area (Å²) in [5.74, 6) is -0.339. The maximum absolute atomic E-state index is 12.7. The highest BCUT2D eigenvalue weighted by atomic mass is 16.6. The van der Waals surface area contributed by atoms with Gasteiger partial charge < -0.3 is 4.74 Å². The lowest BCUT2D eigenvalue weighted by Gasteiger charge is -2.12. The van der Waals surface area contributed by atoms with E-state index < -0.39 is 10.9 Å². The van der Waals surface area contributed by atoms with Gasteiger partial charge in [-0.2, -0.15) is 0 Å². The van der Waals surface area contributed by atoms with Crippen molar-refractivity contribution in [3.05, 3.63) is 101 Å². The number of ether oxygens (including phenoxy) is 1. The lowest BCUT2D eigenvalue weighted by molar-refractivity contribution is -0.385. The number of nitrogens with zero attached hydrogens (tertiary/aromatic N) is 1. The highest BCUT2D eigenvalue weighted by Gasteiger charge is 2.22. The van der Waals surface area contributed by atoms with Crippen molar-refractivity contribution in [1.29, 1.82) is 0 Å². The maximum Gasteiger partial charge on any atom is 0.343 e. The van der Waals surface area contributed by atoms with E-state index in [-0.39, 0.29) is 16.8 Å². The number of carbonyl (C=O) groups excluding carboxylic acids is 1. The van der Waals surface area contributed by atoms with Crippen molar-refractivity contribution in [1.82, 2.24) is 0 Å². The van der Waals surface area contributed by atoms with Crippen LogP contribution in [0.5, 0.6) is 5.75 Å². The van der Waals surface area contributed by atoms with Gasteiger partial charge in [-0.15, -0.1) is 0 Å². The Morgan fingerprint density at radius 1 is 0.857 bits per heavy atom. The fraction of sp³-hybridized carbons (Fsp3) is 0. The molecule has 0 bridgehead atoms. The molecule has 0 N–H and O–H groups in total. The molecule has 0 saturated heterocycles. The van der Waals surface area contributed by atoms with Gasteiger partial charge in [0.25, 0.3) is 5.69 Å². The number of carbonyl (C=O) groups is 1. The van der Waals surface area contributed by atoms with Gasteiger partial charge in [0.1, 0.15) is 5.75 Å². The molecule has 0 aliphatic rings. The minimum absolute atomic E-state index is 0.0652. The molecule has 0 amide bonds. The van der Waals surface area contributed by atoms with Crippen LogP contribution in [0.25, 0.3) is 27.1 Å². The van der Waals surface area contributed by atoms with Crippen molar-refractivity contribution in [2.24, 2.45) is 0 Å². The Morgan fingerprint density at radius 3 is 2.21 bits per heavy atom. The number of hydrogen-bond donors (Lipinski definition) is 0. The first-order valence-electron chi connectivity index (χ1n) is 8.61. The smallest absolute Gasteiger partial charge is 0.343 e. The van der Waals surface area contributed by atoms with Crippen molar-refractivity contribution in [2.75, 3.05) is 0 Å². The highest BCUT2D eigenvalue weighted by molar-refractivity contribution is 6.19. The summed E-state index contributed by atoms with van der Waals surface area (Å²) in [4.78, 5) is 23.4. The Morgan fingerprint density at radius 2 is 1.46 bits per heavy atom. The Balaban J connectivity index is 1.77. The van der Waals surface area contributed by atoms with Crippen LogP contribution in [0.15, 0.2) is 85.4 Å². The third-order valence-corrected chi connectivity index (χ3v) is 4.61. The van der Waals surface area contributed by atoms with Crippen LogP contribution < -0.4 is 4.74 Å². The summed E-state index contributed by atoms with van der Waals surface area (Å²) >= 11 is 0. The minimum atomic E-state index is -0.727. The van der Waals surface area contributed by atoms with Crippen molar-refractivity contribution < 1.29 is 14.5 Å². The van der Waals surface area contributed by atoms with Crippen LogP contribution in [0.1, 0.15) is 5.56 Å². The molecule has 0 aliphatic carbocycles. The third kappa shape index (κ3) is 2.99. The molecule has 0 atom stereocenters. The second-order valence-corrected chi connectivity index (χ2v) is 6.28. The Labute approximate surface area is 160 Å². The first-order valence-corrected chi connectivity index (χ1v) is 8.61. The van der Waals surface area contributed by atoms with Gasteiger partial charge in [0.05, 0.1) is 16.1 Å². The molecule has 4 rings (SSSR count). The van der Waals surface area contributed by atoms with Gasteiger partial charge in [0, 0.05) is 11.5 Å². The Kier molecular flexibility index (Phi) is 4.33. The third-order valence-electron chi connectivity index (χ3n) is 4.61. The van der Waals surface area contributed by atoms with Crippen LogP contribution >= 0.6 is 0 Å². The van der Waals surface area contributed by atoms with Crippen LogP contribution in [-0.4, -0.2) is 10.9 Å². The molecule has 0 heterocycles. The van der Waals surface area contributed by atoms with Crippen LogP contribution in [-0.2, 0) is 4.79 Å². The number of esters is 1. The molecule has 5 heteroatoms. The zero-order valence-electron chi connectivity index (χ0n) is 14.8. The average Bonchev–Trinajstić information content (AvgIpc) is 2.73. The summed E-state index contributed by atoms with van der Waals surface area (Å²) in [5.41, 5.74) is -0.111. The van der Waals surface area contributed by atoms with Gasteiger partial charge in [-0.3, -0.25) is 10.1 Å². The van der Waals surface area contributed by atoms with E-state index in [4.69, 9.17) is 4.74 Å². The fourth-order valence-electron chi connectivity index (χ4n) is 3.26. The number of nitro benzene ring substituents is 1. The van der Waals surface area contributed by atoms with Gasteiger partial charge in [-0.05, 0) is 28.3 Å². The topological polar surface area (TPSA) is 69.4 Å². The Hall–Kier alpha value is -3.99. The lowest BCUT2D eigenvalue weighted by Crippen LogP contribution is -2.11. The van der Waals surface area contributed by atoms with E-state index in [9.17, 15) is 14.9 Å². The van der Waals surface area contributed by atoms with Crippen LogP contribution in [0, 0.1) is 10.1 Å². The van der Waals surface area contributed by atoms with Crippen LogP contribution in [0.3, 0.4) is 0 Å². The van der Waals surface area contributed by atoms with E-state index in [2.05, 4.69) is 6.58 Å². The number of rotatable bonds is 4. The van der Waals surface area contributed by atoms with Gasteiger partial charge >= 0.3 is 5.97 Å². The molecule has 0 radical (unpaired) electrons. The molecule has 136 valence electrons. The van der Waals surface area contributed by atoms with Crippen LogP contribution in [0.2, 0.25) is 0 Å². The number of fused-ring (bicyclic) bond motifs is 3. The molecule has 0 unspecified atom stereocenters. The first-order chi connectivity index (χ1) is 13.6. The predicted molar refractivity (Wildman–Crippen MR) is 109 cm³/mol. The zero-order chi connectivity index (χ0) is 19.7. The van der Waals surface area contributed by atoms with Crippen molar-refractivity contribution in [3.8, 4) is 5.75 Å². The molecule has 0 aliphatic heterocycles. The number of para-hydroxylation sites is 1. The molecule has 5 nitrogen and oxygen atoms in total. The summed E-state index contributed by atoms with van der Waals surface area (Å²) in [6, 6.07) is 23.2. The number of benzene rings is 4. The van der Waals surface area contributed by atoms with E-state index in [0.717, 1.165) is 21.5 Å². The van der Waals surface area contributed by atoms with Gasteiger partial charge in [0.15, 0.2) is 0 Å². The molecule has 0 spiro atoms. The maximum atomic E-state index is 12.7. The second kappa shape index (κ2) is 6.96. The zero-order valence-corrected chi connectivity index (χ0v) is 14.8. The number of nitro groups is 1. The fourth-order valence-corrected chi connectivity index (χ4v) is 3.26. The summed E-state index contributed by atoms with van der Waals surface area (Å²) in [5, 5.41) is 15.0. The summed E-state index contributed by atoms with van der Waals surface area (Å²) < 4.78 is 5.63. The van der Waals surface area contributed by atoms with E-state index in [1.807, 2.05) is 48.5 Å². The van der Waals surface area contributed by atoms with E-state index in [1.165, 1.54) is 18.2 Å². The van der Waals surface area contributed by atoms with Crippen LogP contribution in [0.4, 0.5) is 5.69 Å². The summed E-state index contributed by atoms with van der Waals surface area (Å²) in [7, 11) is 0. The van der Waals surface area contributed by atoms with E-state index in [1.54, 1.807) is 12.1 Å². The molecule has 0 fully saturated rings. The predicted octanol–water partition coefficient (Wildman–Crippen LogP) is 5.52. The molecule has 4 aromatic carbocycles. The monoisotopic (exact) mass is 369 g/mol. The standard InChI is InChI=1S/C23H15NO4/c1-15(17-9-6-7-13-21(17)24(26)27)23(25)28-22-14-16-8-2-3-10-18(16)19-11-4-5-12-20(19)22/h2-14H,1H2. The molecular formula is C23H15NO4. The van der Waals surface area contributed by atoms with Gasteiger partial charge in [0.2, 0.25) is 0 Å². The molecule has 28 heavy (non-hydrogen) atoms. The molecule has 0 aromatic heterocycles. The average molecular weight is 369 g/mol. The van der Waals surface area contributed by atoms with Gasteiger partial charge in [-0.1, -0.05) is 67.2 Å². The second-order valence-electron chi connectivity index (χ2n) is 6.28. The molecular weight excluding hydrogens is 354 g/mol. The molecule has 4 aromatic rings. The van der Waals surface area contributed by atoms with Crippen molar-refractivity contribution in [2.45, 2.75) is 0 Å². The Bertz CT molecular complexity index is 1260. The normalized spacial score (nSPS) is 10.7. The van der Waals surface area contributed by atoms with Gasteiger partial charge in [-0.25, -0.2) is 4.79 Å². The number of hydrogen-bond acceptors (Lipinski definition) is 4.